The molecule has 30 heavy (non-hydrogen) atoms. The molecule has 4 atom stereocenters. The van der Waals surface area contributed by atoms with Gasteiger partial charge in [-0.05, 0) is 24.0 Å². The van der Waals surface area contributed by atoms with Gasteiger partial charge in [0.1, 0.15) is 5.54 Å². The Hall–Kier alpha value is -2.99. The Morgan fingerprint density at radius 3 is 2.40 bits per heavy atom. The number of imide groups is 1. The van der Waals surface area contributed by atoms with Gasteiger partial charge in [0.15, 0.2) is 0 Å². The van der Waals surface area contributed by atoms with Gasteiger partial charge in [-0.1, -0.05) is 62.4 Å². The van der Waals surface area contributed by atoms with Crippen molar-refractivity contribution < 1.29 is 14.4 Å². The van der Waals surface area contributed by atoms with Crippen LogP contribution in [0.5, 0.6) is 0 Å². The summed E-state index contributed by atoms with van der Waals surface area (Å²) in [5.74, 6) is -1.82. The van der Waals surface area contributed by atoms with Gasteiger partial charge in [0.25, 0.3) is 0 Å². The second-order valence-corrected chi connectivity index (χ2v) is 8.79. The molecule has 0 bridgehead atoms. The van der Waals surface area contributed by atoms with E-state index in [1.807, 2.05) is 68.4 Å². The topological polar surface area (TPSA) is 78.5 Å². The minimum absolute atomic E-state index is 0.100. The number of nitrogens with one attached hydrogen (secondary N) is 2. The number of hydrogen-bond donors (Lipinski definition) is 2. The van der Waals surface area contributed by atoms with E-state index in [0.29, 0.717) is 18.7 Å². The zero-order valence-corrected chi connectivity index (χ0v) is 17.1. The van der Waals surface area contributed by atoms with Crippen molar-refractivity contribution in [3.63, 3.8) is 0 Å². The molecule has 3 aliphatic rings. The van der Waals surface area contributed by atoms with Gasteiger partial charge >= 0.3 is 0 Å². The quantitative estimate of drug-likeness (QED) is 0.768. The predicted molar refractivity (Wildman–Crippen MR) is 112 cm³/mol. The fraction of sp³-hybridized carbons (Fsp3) is 0.375. The molecule has 0 radical (unpaired) electrons. The molecular formula is C24H25N3O3. The van der Waals surface area contributed by atoms with Gasteiger partial charge in [-0.3, -0.25) is 24.6 Å². The lowest BCUT2D eigenvalue weighted by atomic mass is 9.76. The van der Waals surface area contributed by atoms with E-state index in [4.69, 9.17) is 0 Å². The van der Waals surface area contributed by atoms with Crippen LogP contribution in [0.15, 0.2) is 54.6 Å². The normalized spacial score (nSPS) is 29.6. The number of rotatable bonds is 4. The smallest absolute Gasteiger partial charge is 0.250 e. The van der Waals surface area contributed by atoms with Crippen LogP contribution in [0.1, 0.15) is 25.0 Å². The molecule has 6 heteroatoms. The lowest BCUT2D eigenvalue weighted by molar-refractivity contribution is -0.142. The molecule has 3 aliphatic heterocycles. The minimum atomic E-state index is -1.19. The van der Waals surface area contributed by atoms with Crippen molar-refractivity contribution in [3.8, 4) is 0 Å². The Labute approximate surface area is 175 Å². The van der Waals surface area contributed by atoms with Crippen molar-refractivity contribution in [2.75, 3.05) is 11.9 Å². The van der Waals surface area contributed by atoms with E-state index in [-0.39, 0.29) is 29.7 Å². The van der Waals surface area contributed by atoms with Crippen LogP contribution in [0.25, 0.3) is 0 Å². The Balaban J connectivity index is 1.54. The summed E-state index contributed by atoms with van der Waals surface area (Å²) in [6.07, 6.45) is 0.604. The molecule has 0 aromatic heterocycles. The highest BCUT2D eigenvalue weighted by Crippen LogP contribution is 2.53. The monoisotopic (exact) mass is 403 g/mol. The molecule has 2 aromatic carbocycles. The highest BCUT2D eigenvalue weighted by atomic mass is 16.2. The van der Waals surface area contributed by atoms with Gasteiger partial charge in [-0.25, -0.2) is 0 Å². The number of para-hydroxylation sites is 1. The van der Waals surface area contributed by atoms with Gasteiger partial charge < -0.3 is 5.32 Å². The Kier molecular flexibility index (Phi) is 4.29. The van der Waals surface area contributed by atoms with Crippen LogP contribution in [0, 0.1) is 17.8 Å². The highest BCUT2D eigenvalue weighted by Gasteiger charge is 2.70. The fourth-order valence-corrected chi connectivity index (χ4v) is 5.43. The van der Waals surface area contributed by atoms with Crippen LogP contribution < -0.4 is 10.6 Å². The Morgan fingerprint density at radius 1 is 0.967 bits per heavy atom. The van der Waals surface area contributed by atoms with Gasteiger partial charge in [-0.15, -0.1) is 0 Å². The molecule has 2 aromatic rings. The standard InChI is InChI=1S/C24H25N3O3/c1-14(2)20-18-19(24(26-20)16-10-6-7-11-17(16)25-23(24)30)22(29)27(21(18)28)13-12-15-8-4-3-5-9-15/h3-11,14,18-20,26H,12-13H2,1-2H3,(H,25,30)/t18-,19-,20-,24-/m0/s1. The summed E-state index contributed by atoms with van der Waals surface area (Å²) < 4.78 is 0. The molecule has 3 amide bonds. The zero-order chi connectivity index (χ0) is 21.0. The summed E-state index contributed by atoms with van der Waals surface area (Å²) in [4.78, 5) is 41.6. The minimum Gasteiger partial charge on any atom is -0.324 e. The van der Waals surface area contributed by atoms with E-state index in [9.17, 15) is 14.4 Å². The molecule has 2 N–H and O–H groups in total. The summed E-state index contributed by atoms with van der Waals surface area (Å²) in [5.41, 5.74) is 1.36. The van der Waals surface area contributed by atoms with E-state index in [1.54, 1.807) is 0 Å². The zero-order valence-electron chi connectivity index (χ0n) is 17.1. The van der Waals surface area contributed by atoms with E-state index >= 15 is 0 Å². The highest BCUT2D eigenvalue weighted by molar-refractivity contribution is 6.15. The number of benzene rings is 2. The van der Waals surface area contributed by atoms with Gasteiger partial charge in [-0.2, -0.15) is 0 Å². The first-order valence-corrected chi connectivity index (χ1v) is 10.5. The first kappa shape index (κ1) is 19.0. The van der Waals surface area contributed by atoms with Gasteiger partial charge in [0, 0.05) is 23.8 Å². The third kappa shape index (κ3) is 2.50. The summed E-state index contributed by atoms with van der Waals surface area (Å²) in [6.45, 7) is 4.38. The summed E-state index contributed by atoms with van der Waals surface area (Å²) in [6, 6.07) is 17.0. The average Bonchev–Trinajstić information content (AvgIpc) is 3.33. The Morgan fingerprint density at radius 2 is 1.67 bits per heavy atom. The first-order chi connectivity index (χ1) is 14.4. The number of anilines is 1. The second kappa shape index (κ2) is 6.77. The van der Waals surface area contributed by atoms with Crippen molar-refractivity contribution >= 4 is 23.4 Å². The molecule has 154 valence electrons. The van der Waals surface area contributed by atoms with Gasteiger partial charge in [0.05, 0.1) is 11.8 Å². The third-order valence-electron chi connectivity index (χ3n) is 6.83. The number of hydrogen-bond acceptors (Lipinski definition) is 4. The molecular weight excluding hydrogens is 378 g/mol. The summed E-state index contributed by atoms with van der Waals surface area (Å²) >= 11 is 0. The molecule has 5 rings (SSSR count). The lowest BCUT2D eigenvalue weighted by Crippen LogP contribution is -2.54. The van der Waals surface area contributed by atoms with Crippen LogP contribution in [0.3, 0.4) is 0 Å². The van der Waals surface area contributed by atoms with E-state index in [0.717, 1.165) is 11.1 Å². The fourth-order valence-electron chi connectivity index (χ4n) is 5.43. The predicted octanol–water partition coefficient (Wildman–Crippen LogP) is 2.31. The summed E-state index contributed by atoms with van der Waals surface area (Å²) in [5, 5.41) is 6.38. The van der Waals surface area contributed by atoms with Gasteiger partial charge in [0.2, 0.25) is 17.7 Å². The van der Waals surface area contributed by atoms with Crippen LogP contribution in [-0.4, -0.2) is 35.2 Å². The van der Waals surface area contributed by atoms with Crippen LogP contribution in [0.4, 0.5) is 5.69 Å². The number of nitrogens with zero attached hydrogens (tertiary/aromatic N) is 1. The van der Waals surface area contributed by atoms with E-state index in [1.165, 1.54) is 4.90 Å². The van der Waals surface area contributed by atoms with Crippen molar-refractivity contribution in [1.82, 2.24) is 10.2 Å². The Bertz CT molecular complexity index is 1040. The van der Waals surface area contributed by atoms with E-state index in [2.05, 4.69) is 10.6 Å². The molecule has 2 fully saturated rings. The SMILES string of the molecule is CC(C)[C@@H]1N[C@]2(C(=O)Nc3ccccc32)[C@@H]2C(=O)N(CCc3ccccc3)C(=O)[C@@H]21. The number of amides is 3. The number of fused-ring (bicyclic) bond motifs is 4. The number of likely N-dealkylation sites (tertiary alicyclic amines) is 1. The van der Waals surface area contributed by atoms with E-state index < -0.39 is 17.4 Å². The van der Waals surface area contributed by atoms with Crippen LogP contribution in [0.2, 0.25) is 0 Å². The van der Waals surface area contributed by atoms with Crippen LogP contribution in [-0.2, 0) is 26.3 Å². The number of carbonyl (C=O) groups is 3. The van der Waals surface area contributed by atoms with Crippen LogP contribution >= 0.6 is 0 Å². The summed E-state index contributed by atoms with van der Waals surface area (Å²) in [7, 11) is 0. The van der Waals surface area contributed by atoms with Crippen molar-refractivity contribution in [1.29, 1.82) is 0 Å². The third-order valence-corrected chi connectivity index (χ3v) is 6.83. The molecule has 1 spiro atoms. The molecule has 0 unspecified atom stereocenters. The maximum atomic E-state index is 13.6. The van der Waals surface area contributed by atoms with Crippen molar-refractivity contribution in [2.45, 2.75) is 31.8 Å². The second-order valence-electron chi connectivity index (χ2n) is 8.79. The average molecular weight is 403 g/mol. The van der Waals surface area contributed by atoms with Crippen molar-refractivity contribution in [3.05, 3.63) is 65.7 Å². The molecule has 3 heterocycles. The maximum Gasteiger partial charge on any atom is 0.250 e. The molecule has 0 saturated carbocycles. The molecule has 6 nitrogen and oxygen atoms in total. The number of carbonyl (C=O) groups excluding carboxylic acids is 3. The lowest BCUT2D eigenvalue weighted by Gasteiger charge is -2.30. The molecule has 0 aliphatic carbocycles. The maximum absolute atomic E-state index is 13.6. The largest absolute Gasteiger partial charge is 0.324 e. The van der Waals surface area contributed by atoms with Crippen molar-refractivity contribution in [2.24, 2.45) is 17.8 Å². The molecule has 2 saturated heterocycles. The first-order valence-electron chi connectivity index (χ1n) is 10.5.